The van der Waals surface area contributed by atoms with Crippen molar-refractivity contribution < 1.29 is 15.3 Å². The number of thiazole rings is 1. The van der Waals surface area contributed by atoms with Gasteiger partial charge in [-0.1, -0.05) is 12.1 Å². The lowest BCUT2D eigenvalue weighted by atomic mass is 10.1. The molecule has 4 unspecified atom stereocenters. The van der Waals surface area contributed by atoms with E-state index in [9.17, 15) is 15.3 Å². The first-order chi connectivity index (χ1) is 16.0. The Kier molecular flexibility index (Phi) is 5.90. The van der Waals surface area contributed by atoms with Crippen LogP contribution >= 0.6 is 11.3 Å². The van der Waals surface area contributed by atoms with Gasteiger partial charge >= 0.3 is 0 Å². The number of aromatic nitrogens is 4. The molecule has 0 spiro atoms. The lowest BCUT2D eigenvalue weighted by Gasteiger charge is -2.20. The molecule has 4 atom stereocenters. The van der Waals surface area contributed by atoms with Crippen LogP contribution in [-0.4, -0.2) is 60.1 Å². The molecule has 5 rings (SSSR count). The number of pyridine rings is 1. The molecule has 9 nitrogen and oxygen atoms in total. The highest BCUT2D eigenvalue weighted by Gasteiger charge is 2.41. The lowest BCUT2D eigenvalue weighted by molar-refractivity contribution is 0.00446. The Morgan fingerprint density at radius 3 is 2.70 bits per heavy atom. The summed E-state index contributed by atoms with van der Waals surface area (Å²) in [5.74, 6) is 0.471. The first-order valence-corrected chi connectivity index (χ1v) is 11.5. The Balaban J connectivity index is 1.53. The molecular weight excluding hydrogens is 440 g/mol. The van der Waals surface area contributed by atoms with Crippen LogP contribution in [0.3, 0.4) is 0 Å². The van der Waals surface area contributed by atoms with Gasteiger partial charge in [-0.25, -0.2) is 9.97 Å². The molecule has 1 aliphatic rings. The second-order valence-corrected chi connectivity index (χ2v) is 9.20. The van der Waals surface area contributed by atoms with Gasteiger partial charge in [0.15, 0.2) is 0 Å². The molecule has 170 valence electrons. The fraction of sp³-hybridized carbons (Fsp3) is 0.304. The highest BCUT2D eigenvalue weighted by atomic mass is 32.1. The Hall–Kier alpha value is -3.18. The molecule has 3 heterocycles. The standard InChI is InChI=1S/C23H24N6O3S/c1-12-9-24-7-6-15(12)28-23-25-10-14(22-27-16-4-2-3-5-18(16)33-22)21(29-23)26-17-8-13(11-30)19(31)20(17)32/h2-7,9-10,13,17,19-20,30-32H,8,11H2,1H3,(H2,24,25,26,28,29). The van der Waals surface area contributed by atoms with Crippen molar-refractivity contribution in [2.45, 2.75) is 31.6 Å². The second kappa shape index (κ2) is 8.99. The molecule has 5 N–H and O–H groups in total. The van der Waals surface area contributed by atoms with Crippen LogP contribution in [0.15, 0.2) is 48.9 Å². The number of aryl methyl sites for hydroxylation is 1. The van der Waals surface area contributed by atoms with Crippen molar-refractivity contribution in [1.29, 1.82) is 0 Å². The predicted molar refractivity (Wildman–Crippen MR) is 128 cm³/mol. The van der Waals surface area contributed by atoms with E-state index >= 15 is 0 Å². The summed E-state index contributed by atoms with van der Waals surface area (Å²) in [5.41, 5.74) is 3.36. The summed E-state index contributed by atoms with van der Waals surface area (Å²) in [5, 5.41) is 37.6. The van der Waals surface area contributed by atoms with Gasteiger partial charge in [-0.05, 0) is 37.1 Å². The van der Waals surface area contributed by atoms with Gasteiger partial charge in [0.1, 0.15) is 16.9 Å². The van der Waals surface area contributed by atoms with Crippen LogP contribution in [0.25, 0.3) is 20.8 Å². The Morgan fingerprint density at radius 1 is 1.09 bits per heavy atom. The normalized spacial score (nSPS) is 22.5. The van der Waals surface area contributed by atoms with Gasteiger partial charge in [0, 0.05) is 36.8 Å². The molecule has 0 radical (unpaired) electrons. The fourth-order valence-corrected chi connectivity index (χ4v) is 5.03. The number of aliphatic hydroxyl groups excluding tert-OH is 3. The molecule has 1 aromatic carbocycles. The van der Waals surface area contributed by atoms with E-state index in [-0.39, 0.29) is 6.61 Å². The molecule has 1 fully saturated rings. The molecule has 0 aliphatic heterocycles. The van der Waals surface area contributed by atoms with Crippen molar-refractivity contribution in [3.8, 4) is 10.6 Å². The van der Waals surface area contributed by atoms with Crippen molar-refractivity contribution in [1.82, 2.24) is 19.9 Å². The number of aliphatic hydroxyl groups is 3. The van der Waals surface area contributed by atoms with Crippen LogP contribution in [-0.2, 0) is 0 Å². The molecular formula is C23H24N6O3S. The number of fused-ring (bicyclic) bond motifs is 1. The maximum Gasteiger partial charge on any atom is 0.229 e. The zero-order valence-electron chi connectivity index (χ0n) is 17.9. The maximum absolute atomic E-state index is 10.5. The van der Waals surface area contributed by atoms with Crippen LogP contribution in [0.1, 0.15) is 12.0 Å². The monoisotopic (exact) mass is 464 g/mol. The van der Waals surface area contributed by atoms with Crippen LogP contribution in [0, 0.1) is 12.8 Å². The third-order valence-electron chi connectivity index (χ3n) is 5.94. The van der Waals surface area contributed by atoms with Crippen LogP contribution < -0.4 is 10.6 Å². The van der Waals surface area contributed by atoms with Crippen LogP contribution in [0.5, 0.6) is 0 Å². The third-order valence-corrected chi connectivity index (χ3v) is 7.01. The van der Waals surface area contributed by atoms with Gasteiger partial charge in [-0.2, -0.15) is 4.98 Å². The minimum Gasteiger partial charge on any atom is -0.396 e. The summed E-state index contributed by atoms with van der Waals surface area (Å²) in [6.45, 7) is 1.74. The summed E-state index contributed by atoms with van der Waals surface area (Å²) in [6, 6.07) is 9.24. The van der Waals surface area contributed by atoms with E-state index < -0.39 is 24.2 Å². The van der Waals surface area contributed by atoms with Crippen molar-refractivity contribution in [3.63, 3.8) is 0 Å². The summed E-state index contributed by atoms with van der Waals surface area (Å²) >= 11 is 1.53. The first kappa shape index (κ1) is 21.7. The number of nitrogens with one attached hydrogen (secondary N) is 2. The molecule has 0 bridgehead atoms. The van der Waals surface area contributed by atoms with E-state index in [2.05, 4.69) is 25.6 Å². The van der Waals surface area contributed by atoms with Crippen LogP contribution in [0.2, 0.25) is 0 Å². The second-order valence-electron chi connectivity index (χ2n) is 8.17. The van der Waals surface area contributed by atoms with E-state index in [4.69, 9.17) is 4.98 Å². The Labute approximate surface area is 194 Å². The summed E-state index contributed by atoms with van der Waals surface area (Å²) in [7, 11) is 0. The maximum atomic E-state index is 10.5. The number of hydrogen-bond acceptors (Lipinski definition) is 10. The van der Waals surface area contributed by atoms with Gasteiger partial charge in [-0.15, -0.1) is 11.3 Å². The average molecular weight is 465 g/mol. The quantitative estimate of drug-likeness (QED) is 0.292. The SMILES string of the molecule is Cc1cnccc1Nc1ncc(-c2nc3ccccc3s2)c(NC2CC(CO)C(O)C2O)n1. The van der Waals surface area contributed by atoms with Gasteiger partial charge < -0.3 is 26.0 Å². The van der Waals surface area contributed by atoms with Crippen LogP contribution in [0.4, 0.5) is 17.5 Å². The van der Waals surface area contributed by atoms with E-state index in [1.165, 1.54) is 11.3 Å². The Bertz CT molecular complexity index is 1250. The number of nitrogens with zero attached hydrogens (tertiary/aromatic N) is 4. The molecule has 0 amide bonds. The molecule has 10 heteroatoms. The van der Waals surface area contributed by atoms with Gasteiger partial charge in [-0.3, -0.25) is 4.98 Å². The molecule has 1 saturated carbocycles. The summed E-state index contributed by atoms with van der Waals surface area (Å²) in [6.07, 6.45) is 3.52. The number of para-hydroxylation sites is 1. The summed E-state index contributed by atoms with van der Waals surface area (Å²) < 4.78 is 1.05. The number of hydrogen-bond donors (Lipinski definition) is 5. The number of anilines is 3. The average Bonchev–Trinajstić information content (AvgIpc) is 3.37. The molecule has 1 aliphatic carbocycles. The zero-order valence-corrected chi connectivity index (χ0v) is 18.7. The predicted octanol–water partition coefficient (Wildman–Crippen LogP) is 2.71. The van der Waals surface area contributed by atoms with E-state index in [1.54, 1.807) is 18.6 Å². The van der Waals surface area contributed by atoms with Gasteiger partial charge in [0.2, 0.25) is 5.95 Å². The summed E-state index contributed by atoms with van der Waals surface area (Å²) in [4.78, 5) is 18.0. The largest absolute Gasteiger partial charge is 0.396 e. The molecule has 3 aromatic heterocycles. The van der Waals surface area contributed by atoms with Crippen molar-refractivity contribution in [2.75, 3.05) is 17.2 Å². The molecule has 0 saturated heterocycles. The number of benzene rings is 1. The molecule has 4 aromatic rings. The Morgan fingerprint density at radius 2 is 1.94 bits per heavy atom. The smallest absolute Gasteiger partial charge is 0.229 e. The first-order valence-electron chi connectivity index (χ1n) is 10.7. The topological polar surface area (TPSA) is 136 Å². The number of rotatable bonds is 6. The van der Waals surface area contributed by atoms with E-state index in [1.807, 2.05) is 37.3 Å². The molecule has 33 heavy (non-hydrogen) atoms. The van der Waals surface area contributed by atoms with Crippen molar-refractivity contribution in [3.05, 3.63) is 54.5 Å². The zero-order chi connectivity index (χ0) is 22.9. The van der Waals surface area contributed by atoms with E-state index in [0.29, 0.717) is 23.8 Å². The third kappa shape index (κ3) is 4.25. The lowest BCUT2D eigenvalue weighted by Crippen LogP contribution is -2.35. The van der Waals surface area contributed by atoms with Gasteiger partial charge in [0.25, 0.3) is 0 Å². The highest BCUT2D eigenvalue weighted by molar-refractivity contribution is 7.21. The minimum absolute atomic E-state index is 0.195. The van der Waals surface area contributed by atoms with E-state index in [0.717, 1.165) is 26.5 Å². The van der Waals surface area contributed by atoms with Crippen molar-refractivity contribution in [2.24, 2.45) is 5.92 Å². The highest BCUT2D eigenvalue weighted by Crippen LogP contribution is 2.36. The van der Waals surface area contributed by atoms with Gasteiger partial charge in [0.05, 0.1) is 27.9 Å². The minimum atomic E-state index is -1.03. The fourth-order valence-electron chi connectivity index (χ4n) is 4.05. The van der Waals surface area contributed by atoms with Crippen molar-refractivity contribution >= 4 is 39.0 Å².